The molecule has 1 heterocycles. The van der Waals surface area contributed by atoms with Gasteiger partial charge < -0.3 is 5.32 Å². The number of fused-ring (bicyclic) bond motifs is 1. The molecule has 0 saturated carbocycles. The molecule has 0 amide bonds. The summed E-state index contributed by atoms with van der Waals surface area (Å²) in [5.41, 5.74) is 2.57. The van der Waals surface area contributed by atoms with Crippen LogP contribution in [0.1, 0.15) is 43.2 Å². The largest absolute Gasteiger partial charge is 0.379 e. The minimum atomic E-state index is 0.369. The Labute approximate surface area is 108 Å². The number of hydrogen-bond donors (Lipinski definition) is 1. The van der Waals surface area contributed by atoms with Crippen molar-refractivity contribution in [2.24, 2.45) is 11.3 Å². The van der Waals surface area contributed by atoms with E-state index in [2.05, 4.69) is 32.2 Å². The van der Waals surface area contributed by atoms with E-state index in [0.717, 1.165) is 29.3 Å². The van der Waals surface area contributed by atoms with Gasteiger partial charge in [0.2, 0.25) is 0 Å². The lowest BCUT2D eigenvalue weighted by atomic mass is 9.72. The predicted molar refractivity (Wildman–Crippen MR) is 73.6 cm³/mol. The summed E-state index contributed by atoms with van der Waals surface area (Å²) < 4.78 is 0. The van der Waals surface area contributed by atoms with Crippen molar-refractivity contribution in [2.75, 3.05) is 12.4 Å². The van der Waals surface area contributed by atoms with Crippen molar-refractivity contribution in [1.82, 2.24) is 0 Å². The van der Waals surface area contributed by atoms with E-state index in [1.165, 1.54) is 16.9 Å². The van der Waals surface area contributed by atoms with Gasteiger partial charge in [0.25, 0.3) is 0 Å². The summed E-state index contributed by atoms with van der Waals surface area (Å²) in [5, 5.41) is 13.4. The van der Waals surface area contributed by atoms with Crippen LogP contribution >= 0.6 is 11.3 Å². The molecule has 92 valence electrons. The van der Waals surface area contributed by atoms with E-state index >= 15 is 0 Å². The minimum Gasteiger partial charge on any atom is -0.379 e. The fourth-order valence-electron chi connectivity index (χ4n) is 2.62. The molecule has 1 aliphatic carbocycles. The quantitative estimate of drug-likeness (QED) is 0.820. The Kier molecular flexibility index (Phi) is 3.18. The van der Waals surface area contributed by atoms with Gasteiger partial charge in [0.15, 0.2) is 0 Å². The molecular weight excluding hydrogens is 228 g/mol. The topological polar surface area (TPSA) is 35.8 Å². The van der Waals surface area contributed by atoms with Gasteiger partial charge in [-0.3, -0.25) is 0 Å². The standard InChI is InChI=1S/C14H20N2S/c1-14(2,3)9-5-6-10-11(8-15)13(16-4)17-12(10)7-9/h9,16H,5-7H2,1-4H3. The summed E-state index contributed by atoms with van der Waals surface area (Å²) in [5.74, 6) is 0.741. The van der Waals surface area contributed by atoms with Gasteiger partial charge in [0.1, 0.15) is 11.1 Å². The van der Waals surface area contributed by atoms with Crippen LogP contribution in [0.5, 0.6) is 0 Å². The van der Waals surface area contributed by atoms with Crippen LogP contribution in [0.15, 0.2) is 0 Å². The van der Waals surface area contributed by atoms with E-state index in [1.807, 2.05) is 7.05 Å². The van der Waals surface area contributed by atoms with Crippen molar-refractivity contribution < 1.29 is 0 Å². The molecule has 1 aromatic heterocycles. The Bertz CT molecular complexity index is 460. The summed E-state index contributed by atoms with van der Waals surface area (Å²) in [4.78, 5) is 1.43. The number of nitrogens with one attached hydrogen (secondary N) is 1. The van der Waals surface area contributed by atoms with Crippen LogP contribution in [0.4, 0.5) is 5.00 Å². The van der Waals surface area contributed by atoms with Crippen LogP contribution in [0.2, 0.25) is 0 Å². The molecule has 0 radical (unpaired) electrons. The zero-order valence-corrected chi connectivity index (χ0v) is 11.9. The van der Waals surface area contributed by atoms with Gasteiger partial charge in [-0.25, -0.2) is 0 Å². The second-order valence-corrected chi connectivity index (χ2v) is 6.98. The fourth-order valence-corrected chi connectivity index (χ4v) is 3.85. The maximum absolute atomic E-state index is 9.24. The van der Waals surface area contributed by atoms with Gasteiger partial charge >= 0.3 is 0 Å². The molecule has 2 rings (SSSR count). The average Bonchev–Trinajstić information content (AvgIpc) is 2.64. The lowest BCUT2D eigenvalue weighted by molar-refractivity contribution is 0.218. The SMILES string of the molecule is CNc1sc2c(c1C#N)CCC(C(C)(C)C)C2. The molecule has 3 heteroatoms. The van der Waals surface area contributed by atoms with Crippen molar-refractivity contribution >= 4 is 16.3 Å². The van der Waals surface area contributed by atoms with Crippen LogP contribution in [-0.4, -0.2) is 7.05 Å². The number of rotatable bonds is 1. The monoisotopic (exact) mass is 248 g/mol. The summed E-state index contributed by atoms with van der Waals surface area (Å²) in [7, 11) is 1.90. The molecule has 1 atom stereocenters. The van der Waals surface area contributed by atoms with Crippen LogP contribution in [0.3, 0.4) is 0 Å². The molecule has 0 fully saturated rings. The number of nitrogens with zero attached hydrogens (tertiary/aromatic N) is 1. The zero-order valence-electron chi connectivity index (χ0n) is 11.1. The van der Waals surface area contributed by atoms with E-state index in [4.69, 9.17) is 0 Å². The number of anilines is 1. The molecule has 0 saturated heterocycles. The van der Waals surface area contributed by atoms with E-state index < -0.39 is 0 Å². The van der Waals surface area contributed by atoms with Crippen LogP contribution < -0.4 is 5.32 Å². The van der Waals surface area contributed by atoms with Crippen LogP contribution in [0.25, 0.3) is 0 Å². The Hall–Kier alpha value is -1.01. The number of hydrogen-bond acceptors (Lipinski definition) is 3. The number of nitriles is 1. The zero-order chi connectivity index (χ0) is 12.6. The maximum Gasteiger partial charge on any atom is 0.107 e. The normalized spacial score (nSPS) is 19.6. The summed E-state index contributed by atoms with van der Waals surface area (Å²) in [6.45, 7) is 6.96. The minimum absolute atomic E-state index is 0.369. The van der Waals surface area contributed by atoms with Gasteiger partial charge in [-0.05, 0) is 36.2 Å². The third kappa shape index (κ3) is 2.19. The van der Waals surface area contributed by atoms with E-state index in [-0.39, 0.29) is 0 Å². The van der Waals surface area contributed by atoms with Gasteiger partial charge in [-0.2, -0.15) is 5.26 Å². The second kappa shape index (κ2) is 4.34. The highest BCUT2D eigenvalue weighted by molar-refractivity contribution is 7.16. The lowest BCUT2D eigenvalue weighted by Crippen LogP contribution is -2.26. The van der Waals surface area contributed by atoms with Gasteiger partial charge in [-0.1, -0.05) is 20.8 Å². The maximum atomic E-state index is 9.24. The molecule has 1 N–H and O–H groups in total. The number of thiophene rings is 1. The van der Waals surface area contributed by atoms with Crippen molar-refractivity contribution in [3.63, 3.8) is 0 Å². The molecule has 1 aliphatic rings. The second-order valence-electron chi connectivity index (χ2n) is 5.88. The highest BCUT2D eigenvalue weighted by Crippen LogP contribution is 2.43. The first-order valence-electron chi connectivity index (χ1n) is 6.19. The molecule has 0 spiro atoms. The molecule has 17 heavy (non-hydrogen) atoms. The van der Waals surface area contributed by atoms with E-state index in [1.54, 1.807) is 11.3 Å². The van der Waals surface area contributed by atoms with Crippen molar-refractivity contribution in [1.29, 1.82) is 5.26 Å². The van der Waals surface area contributed by atoms with Crippen molar-refractivity contribution in [3.05, 3.63) is 16.0 Å². The first-order chi connectivity index (χ1) is 7.97. The summed E-state index contributed by atoms with van der Waals surface area (Å²) >= 11 is 1.77. The third-order valence-corrected chi connectivity index (χ3v) is 5.10. The fraction of sp³-hybridized carbons (Fsp3) is 0.643. The first-order valence-corrected chi connectivity index (χ1v) is 7.01. The average molecular weight is 248 g/mol. The molecule has 0 bridgehead atoms. The molecular formula is C14H20N2S. The Balaban J connectivity index is 2.35. The Morgan fingerprint density at radius 2 is 2.12 bits per heavy atom. The van der Waals surface area contributed by atoms with Crippen molar-refractivity contribution in [2.45, 2.75) is 40.0 Å². The first kappa shape index (κ1) is 12.4. The Morgan fingerprint density at radius 1 is 1.41 bits per heavy atom. The lowest BCUT2D eigenvalue weighted by Gasteiger charge is -2.33. The van der Waals surface area contributed by atoms with Crippen LogP contribution in [-0.2, 0) is 12.8 Å². The summed E-state index contributed by atoms with van der Waals surface area (Å²) in [6.07, 6.45) is 3.42. The highest BCUT2D eigenvalue weighted by Gasteiger charge is 2.31. The third-order valence-electron chi connectivity index (χ3n) is 3.83. The van der Waals surface area contributed by atoms with E-state index in [0.29, 0.717) is 5.41 Å². The molecule has 1 unspecified atom stereocenters. The molecule has 0 aliphatic heterocycles. The molecule has 2 nitrogen and oxygen atoms in total. The van der Waals surface area contributed by atoms with E-state index in [9.17, 15) is 5.26 Å². The highest BCUT2D eigenvalue weighted by atomic mass is 32.1. The predicted octanol–water partition coefficient (Wildman–Crippen LogP) is 3.81. The van der Waals surface area contributed by atoms with Crippen LogP contribution in [0, 0.1) is 22.7 Å². The Morgan fingerprint density at radius 3 is 2.65 bits per heavy atom. The van der Waals surface area contributed by atoms with Crippen molar-refractivity contribution in [3.8, 4) is 6.07 Å². The van der Waals surface area contributed by atoms with Gasteiger partial charge in [0, 0.05) is 11.9 Å². The van der Waals surface area contributed by atoms with Gasteiger partial charge in [-0.15, -0.1) is 11.3 Å². The molecule has 1 aromatic rings. The molecule has 0 aromatic carbocycles. The smallest absolute Gasteiger partial charge is 0.107 e. The van der Waals surface area contributed by atoms with Gasteiger partial charge in [0.05, 0.1) is 5.56 Å². The summed E-state index contributed by atoms with van der Waals surface area (Å²) in [6, 6.07) is 2.36.